The number of hydrogen-bond acceptors (Lipinski definition) is 2. The molecule has 3 N–H and O–H groups in total. The lowest BCUT2D eigenvalue weighted by Gasteiger charge is -1.92. The Morgan fingerprint density at radius 1 is 1.50 bits per heavy atom. The minimum Gasteiger partial charge on any atom is -0.329 e. The molecule has 0 aromatic carbocycles. The Balaban J connectivity index is 0. The van der Waals surface area contributed by atoms with Crippen molar-refractivity contribution in [3.05, 3.63) is 13.2 Å². The van der Waals surface area contributed by atoms with Crippen LogP contribution in [0.2, 0.25) is 0 Å². The van der Waals surface area contributed by atoms with Crippen LogP contribution < -0.4 is 11.1 Å². The Bertz CT molecular complexity index is 25.7. The summed E-state index contributed by atoms with van der Waals surface area (Å²) in [5.74, 6) is 0. The van der Waals surface area contributed by atoms with Crippen LogP contribution in [0.1, 0.15) is 6.92 Å². The molecule has 0 saturated heterocycles. The molecule has 8 heavy (non-hydrogen) atoms. The van der Waals surface area contributed by atoms with Gasteiger partial charge in [-0.05, 0) is 6.54 Å². The highest BCUT2D eigenvalue weighted by molar-refractivity contribution is 4.39. The zero-order valence-corrected chi connectivity index (χ0v) is 5.61. The second-order valence-electron chi connectivity index (χ2n) is 1.14. The van der Waals surface area contributed by atoms with Gasteiger partial charge in [0.15, 0.2) is 0 Å². The van der Waals surface area contributed by atoms with Gasteiger partial charge in [0.05, 0.1) is 0 Å². The van der Waals surface area contributed by atoms with Gasteiger partial charge in [0.25, 0.3) is 0 Å². The molecule has 2 nitrogen and oxygen atoms in total. The van der Waals surface area contributed by atoms with E-state index in [1.165, 1.54) is 0 Å². The molecule has 0 aromatic heterocycles. The van der Waals surface area contributed by atoms with E-state index in [4.69, 9.17) is 5.73 Å². The zero-order valence-electron chi connectivity index (χ0n) is 5.61. The summed E-state index contributed by atoms with van der Waals surface area (Å²) >= 11 is 0. The second kappa shape index (κ2) is 15.9. The van der Waals surface area contributed by atoms with Gasteiger partial charge in [-0.2, -0.15) is 0 Å². The molecule has 0 bridgehead atoms. The smallest absolute Gasteiger partial charge is 0.00743 e. The molecular weight excluding hydrogens is 100 g/mol. The molecule has 0 rings (SSSR count). The molecule has 0 aliphatic rings. The maximum Gasteiger partial charge on any atom is 0.00743 e. The molecule has 0 aromatic rings. The molecule has 0 amide bonds. The average molecular weight is 116 g/mol. The summed E-state index contributed by atoms with van der Waals surface area (Å²) in [4.78, 5) is 0. The highest BCUT2D eigenvalue weighted by atomic mass is 14.9. The van der Waals surface area contributed by atoms with Crippen molar-refractivity contribution in [2.24, 2.45) is 5.73 Å². The van der Waals surface area contributed by atoms with Crippen LogP contribution in [0.25, 0.3) is 0 Å². The van der Waals surface area contributed by atoms with E-state index in [0.29, 0.717) is 0 Å². The van der Waals surface area contributed by atoms with Gasteiger partial charge in [0.1, 0.15) is 0 Å². The van der Waals surface area contributed by atoms with Crippen molar-refractivity contribution < 1.29 is 0 Å². The minimum atomic E-state index is 0.744. The summed E-state index contributed by atoms with van der Waals surface area (Å²) in [6, 6.07) is 0. The highest BCUT2D eigenvalue weighted by Crippen LogP contribution is 1.48. The van der Waals surface area contributed by atoms with Gasteiger partial charge in [0, 0.05) is 13.1 Å². The predicted molar refractivity (Wildman–Crippen MR) is 38.9 cm³/mol. The van der Waals surface area contributed by atoms with Gasteiger partial charge in [-0.15, -0.1) is 13.2 Å². The van der Waals surface area contributed by atoms with Crippen molar-refractivity contribution in [2.75, 3.05) is 19.6 Å². The highest BCUT2D eigenvalue weighted by Gasteiger charge is 1.71. The molecule has 0 aliphatic carbocycles. The number of likely N-dealkylation sites (N-methyl/N-ethyl adjacent to an activating group) is 1. The van der Waals surface area contributed by atoms with E-state index in [-0.39, 0.29) is 0 Å². The monoisotopic (exact) mass is 116 g/mol. The first-order valence-corrected chi connectivity index (χ1v) is 2.82. The molecule has 0 atom stereocenters. The van der Waals surface area contributed by atoms with E-state index >= 15 is 0 Å². The van der Waals surface area contributed by atoms with Gasteiger partial charge in [-0.25, -0.2) is 0 Å². The standard InChI is InChI=1S/C4H12N2.C2H4/c1-2-6-4-3-5;1-2/h6H,2-5H2,1H3;1-2H2. The lowest BCUT2D eigenvalue weighted by molar-refractivity contribution is 0.725. The van der Waals surface area contributed by atoms with Crippen LogP contribution >= 0.6 is 0 Å². The maximum atomic E-state index is 5.15. The van der Waals surface area contributed by atoms with Crippen LogP contribution in [0.15, 0.2) is 13.2 Å². The fraction of sp³-hybridized carbons (Fsp3) is 0.667. The summed E-state index contributed by atoms with van der Waals surface area (Å²) in [6.45, 7) is 10.8. The topological polar surface area (TPSA) is 38.0 Å². The van der Waals surface area contributed by atoms with Gasteiger partial charge in [0.2, 0.25) is 0 Å². The Hall–Kier alpha value is -0.340. The van der Waals surface area contributed by atoms with Crippen LogP contribution in [0.4, 0.5) is 0 Å². The summed E-state index contributed by atoms with van der Waals surface area (Å²) < 4.78 is 0. The molecule has 0 saturated carbocycles. The molecule has 2 heteroatoms. The van der Waals surface area contributed by atoms with E-state index in [9.17, 15) is 0 Å². The summed E-state index contributed by atoms with van der Waals surface area (Å²) in [5.41, 5.74) is 5.15. The van der Waals surface area contributed by atoms with Gasteiger partial charge >= 0.3 is 0 Å². The molecule has 0 fully saturated rings. The summed E-state index contributed by atoms with van der Waals surface area (Å²) in [5, 5.41) is 3.07. The first-order chi connectivity index (χ1) is 3.91. The molecule has 50 valence electrons. The number of rotatable bonds is 3. The third-order valence-corrected chi connectivity index (χ3v) is 0.571. The van der Waals surface area contributed by atoms with E-state index in [0.717, 1.165) is 19.6 Å². The largest absolute Gasteiger partial charge is 0.329 e. The third kappa shape index (κ3) is 17.4. The van der Waals surface area contributed by atoms with Gasteiger partial charge in [-0.3, -0.25) is 0 Å². The number of nitrogens with two attached hydrogens (primary N) is 1. The van der Waals surface area contributed by atoms with Crippen LogP contribution in [0.3, 0.4) is 0 Å². The van der Waals surface area contributed by atoms with Crippen LogP contribution in [-0.4, -0.2) is 19.6 Å². The van der Waals surface area contributed by atoms with Crippen molar-refractivity contribution in [2.45, 2.75) is 6.92 Å². The lowest BCUT2D eigenvalue weighted by Crippen LogP contribution is -2.21. The van der Waals surface area contributed by atoms with E-state index in [1.807, 2.05) is 0 Å². The Morgan fingerprint density at radius 2 is 2.00 bits per heavy atom. The van der Waals surface area contributed by atoms with E-state index in [1.54, 1.807) is 0 Å². The fourth-order valence-corrected chi connectivity index (χ4v) is 0.279. The average Bonchev–Trinajstić information content (AvgIpc) is 1.88. The Labute approximate surface area is 51.8 Å². The van der Waals surface area contributed by atoms with E-state index < -0.39 is 0 Å². The molecule has 0 radical (unpaired) electrons. The minimum absolute atomic E-state index is 0.744. The fourth-order valence-electron chi connectivity index (χ4n) is 0.279. The normalized spacial score (nSPS) is 7.25. The second-order valence-corrected chi connectivity index (χ2v) is 1.14. The van der Waals surface area contributed by atoms with Crippen molar-refractivity contribution in [3.8, 4) is 0 Å². The first kappa shape index (κ1) is 10.6. The third-order valence-electron chi connectivity index (χ3n) is 0.571. The molecule has 0 heterocycles. The molecule has 0 spiro atoms. The van der Waals surface area contributed by atoms with Gasteiger partial charge < -0.3 is 11.1 Å². The van der Waals surface area contributed by atoms with Gasteiger partial charge in [-0.1, -0.05) is 6.92 Å². The molecule has 0 aliphatic heterocycles. The first-order valence-electron chi connectivity index (χ1n) is 2.82. The summed E-state index contributed by atoms with van der Waals surface area (Å²) in [7, 11) is 0. The quantitative estimate of drug-likeness (QED) is 0.412. The SMILES string of the molecule is C=C.CCNCCN. The van der Waals surface area contributed by atoms with Crippen molar-refractivity contribution in [1.29, 1.82) is 0 Å². The predicted octanol–water partition coefficient (Wildman–Crippen LogP) is 0.357. The van der Waals surface area contributed by atoms with Crippen LogP contribution in [0.5, 0.6) is 0 Å². The van der Waals surface area contributed by atoms with Crippen molar-refractivity contribution >= 4 is 0 Å². The lowest BCUT2D eigenvalue weighted by atomic mass is 10.6. The Kier molecular flexibility index (Phi) is 21.1. The summed E-state index contributed by atoms with van der Waals surface area (Å²) in [6.07, 6.45) is 0. The number of nitrogens with one attached hydrogen (secondary N) is 1. The zero-order chi connectivity index (χ0) is 6.83. The van der Waals surface area contributed by atoms with Crippen molar-refractivity contribution in [1.82, 2.24) is 5.32 Å². The van der Waals surface area contributed by atoms with Crippen molar-refractivity contribution in [3.63, 3.8) is 0 Å². The van der Waals surface area contributed by atoms with Crippen LogP contribution in [-0.2, 0) is 0 Å². The van der Waals surface area contributed by atoms with Crippen LogP contribution in [0, 0.1) is 0 Å². The molecule has 0 unspecified atom stereocenters. The van der Waals surface area contributed by atoms with E-state index in [2.05, 4.69) is 25.4 Å². The molecular formula is C6H16N2. The number of hydrogen-bond donors (Lipinski definition) is 2. The maximum absolute atomic E-state index is 5.15. The Morgan fingerprint density at radius 3 is 2.12 bits per heavy atom.